The molecule has 0 bridgehead atoms. The molecule has 9 heteroatoms. The summed E-state index contributed by atoms with van der Waals surface area (Å²) in [6.07, 6.45) is 0. The summed E-state index contributed by atoms with van der Waals surface area (Å²) in [7, 11) is 1.61. The topological polar surface area (TPSA) is 95.7 Å². The van der Waals surface area contributed by atoms with Gasteiger partial charge < -0.3 is 23.9 Å². The Labute approximate surface area is 171 Å². The van der Waals surface area contributed by atoms with Crippen molar-refractivity contribution in [2.75, 3.05) is 25.6 Å². The third kappa shape index (κ3) is 4.45. The first-order valence-electron chi connectivity index (χ1n) is 8.97. The number of aromatic nitrogens is 2. The van der Waals surface area contributed by atoms with E-state index < -0.39 is 5.25 Å². The van der Waals surface area contributed by atoms with Crippen LogP contribution in [0.5, 0.6) is 17.2 Å². The normalized spacial score (nSPS) is 13.6. The number of ether oxygens (including phenoxy) is 3. The first-order chi connectivity index (χ1) is 14.1. The van der Waals surface area contributed by atoms with Crippen molar-refractivity contribution < 1.29 is 23.4 Å². The summed E-state index contributed by atoms with van der Waals surface area (Å²) in [6.45, 7) is 2.79. The first kappa shape index (κ1) is 19.1. The predicted octanol–water partition coefficient (Wildman–Crippen LogP) is 3.64. The van der Waals surface area contributed by atoms with Gasteiger partial charge in [-0.1, -0.05) is 11.8 Å². The molecule has 0 spiro atoms. The van der Waals surface area contributed by atoms with Gasteiger partial charge in [-0.25, -0.2) is 0 Å². The number of carbonyl (C=O) groups excluding carboxylic acids is 1. The summed E-state index contributed by atoms with van der Waals surface area (Å²) < 4.78 is 21.8. The molecule has 3 aromatic rings. The van der Waals surface area contributed by atoms with E-state index >= 15 is 0 Å². The van der Waals surface area contributed by atoms with E-state index in [1.807, 2.05) is 24.3 Å². The molecule has 0 saturated carbocycles. The Hall–Kier alpha value is -3.20. The average molecular weight is 413 g/mol. The molecule has 150 valence electrons. The van der Waals surface area contributed by atoms with Crippen molar-refractivity contribution in [3.8, 4) is 28.7 Å². The number of thioether (sulfide) groups is 1. The van der Waals surface area contributed by atoms with E-state index in [-0.39, 0.29) is 5.91 Å². The Morgan fingerprint density at radius 3 is 2.62 bits per heavy atom. The molecule has 2 aromatic carbocycles. The summed E-state index contributed by atoms with van der Waals surface area (Å²) in [4.78, 5) is 12.5. The Morgan fingerprint density at radius 2 is 1.86 bits per heavy atom. The largest absolute Gasteiger partial charge is 0.497 e. The summed E-state index contributed by atoms with van der Waals surface area (Å²) in [5, 5.41) is 10.8. The monoisotopic (exact) mass is 413 g/mol. The molecule has 1 amide bonds. The van der Waals surface area contributed by atoms with Crippen molar-refractivity contribution in [3.05, 3.63) is 42.5 Å². The maximum atomic E-state index is 12.5. The molecule has 0 unspecified atom stereocenters. The van der Waals surface area contributed by atoms with E-state index in [0.29, 0.717) is 41.5 Å². The number of hydrogen-bond acceptors (Lipinski definition) is 8. The lowest BCUT2D eigenvalue weighted by Gasteiger charge is -2.19. The summed E-state index contributed by atoms with van der Waals surface area (Å²) >= 11 is 1.19. The van der Waals surface area contributed by atoms with Gasteiger partial charge in [-0.15, -0.1) is 10.2 Å². The Morgan fingerprint density at radius 1 is 1.10 bits per heavy atom. The number of methoxy groups -OCH3 is 1. The number of carbonyl (C=O) groups is 1. The first-order valence-corrected chi connectivity index (χ1v) is 9.85. The van der Waals surface area contributed by atoms with Gasteiger partial charge in [-0.05, 0) is 43.3 Å². The quantitative estimate of drug-likeness (QED) is 0.612. The van der Waals surface area contributed by atoms with Crippen LogP contribution in [0.3, 0.4) is 0 Å². The number of benzene rings is 2. The lowest BCUT2D eigenvalue weighted by atomic mass is 10.2. The van der Waals surface area contributed by atoms with Crippen molar-refractivity contribution in [1.29, 1.82) is 0 Å². The molecule has 1 aliphatic rings. The minimum Gasteiger partial charge on any atom is -0.497 e. The van der Waals surface area contributed by atoms with Crippen LogP contribution in [0.25, 0.3) is 11.5 Å². The van der Waals surface area contributed by atoms with Gasteiger partial charge in [0.05, 0.1) is 12.4 Å². The molecule has 29 heavy (non-hydrogen) atoms. The van der Waals surface area contributed by atoms with Gasteiger partial charge in [0.15, 0.2) is 11.5 Å². The van der Waals surface area contributed by atoms with E-state index in [2.05, 4.69) is 15.5 Å². The Bertz CT molecular complexity index is 1010. The van der Waals surface area contributed by atoms with Crippen molar-refractivity contribution in [2.45, 2.75) is 17.4 Å². The van der Waals surface area contributed by atoms with Gasteiger partial charge in [0.25, 0.3) is 5.22 Å². The zero-order valence-corrected chi connectivity index (χ0v) is 16.7. The molecule has 0 radical (unpaired) electrons. The van der Waals surface area contributed by atoms with E-state index in [1.165, 1.54) is 11.8 Å². The molecule has 4 rings (SSSR count). The Balaban J connectivity index is 1.38. The molecule has 2 heterocycles. The van der Waals surface area contributed by atoms with Crippen LogP contribution in [-0.2, 0) is 4.79 Å². The third-order valence-corrected chi connectivity index (χ3v) is 5.13. The summed E-state index contributed by atoms with van der Waals surface area (Å²) in [6, 6.07) is 12.6. The number of anilines is 1. The number of fused-ring (bicyclic) bond motifs is 1. The highest BCUT2D eigenvalue weighted by Crippen LogP contribution is 2.33. The molecule has 1 atom stereocenters. The fourth-order valence-electron chi connectivity index (χ4n) is 2.68. The summed E-state index contributed by atoms with van der Waals surface area (Å²) in [5.41, 5.74) is 1.41. The van der Waals surface area contributed by atoms with Crippen molar-refractivity contribution in [3.63, 3.8) is 0 Å². The second-order valence-electron chi connectivity index (χ2n) is 6.21. The molecule has 1 N–H and O–H groups in total. The Kier molecular flexibility index (Phi) is 5.57. The van der Waals surface area contributed by atoms with Crippen LogP contribution in [-0.4, -0.2) is 41.7 Å². The van der Waals surface area contributed by atoms with Gasteiger partial charge in [0, 0.05) is 17.3 Å². The van der Waals surface area contributed by atoms with E-state index in [1.54, 1.807) is 32.2 Å². The maximum absolute atomic E-state index is 12.5. The average Bonchev–Trinajstić information content (AvgIpc) is 3.22. The van der Waals surface area contributed by atoms with Crippen molar-refractivity contribution >= 4 is 23.4 Å². The highest BCUT2D eigenvalue weighted by molar-refractivity contribution is 8.00. The summed E-state index contributed by atoms with van der Waals surface area (Å²) in [5.74, 6) is 2.24. The lowest BCUT2D eigenvalue weighted by molar-refractivity contribution is -0.115. The van der Waals surface area contributed by atoms with Crippen molar-refractivity contribution in [2.24, 2.45) is 0 Å². The fraction of sp³-hybridized carbons (Fsp3) is 0.250. The number of nitrogens with zero attached hydrogens (tertiary/aromatic N) is 2. The second-order valence-corrected chi connectivity index (χ2v) is 7.50. The van der Waals surface area contributed by atoms with Crippen LogP contribution < -0.4 is 19.5 Å². The van der Waals surface area contributed by atoms with Crippen LogP contribution in [0.1, 0.15) is 6.92 Å². The molecular weight excluding hydrogens is 394 g/mol. The van der Waals surface area contributed by atoms with Gasteiger partial charge in [0.2, 0.25) is 11.8 Å². The van der Waals surface area contributed by atoms with Crippen LogP contribution >= 0.6 is 11.8 Å². The van der Waals surface area contributed by atoms with Crippen molar-refractivity contribution in [1.82, 2.24) is 10.2 Å². The molecule has 8 nitrogen and oxygen atoms in total. The molecule has 1 aliphatic heterocycles. The standard InChI is InChI=1S/C20H19N3O5S/c1-12(18(24)21-14-5-8-16-17(11-14)27-10-9-26-16)29-20-23-22-19(28-20)13-3-6-15(25-2)7-4-13/h3-8,11-12H,9-10H2,1-2H3,(H,21,24)/t12-/m0/s1. The van der Waals surface area contributed by atoms with Crippen LogP contribution in [0, 0.1) is 0 Å². The highest BCUT2D eigenvalue weighted by Gasteiger charge is 2.20. The van der Waals surface area contributed by atoms with E-state index in [9.17, 15) is 4.79 Å². The fourth-order valence-corrected chi connectivity index (χ4v) is 3.36. The van der Waals surface area contributed by atoms with Gasteiger partial charge >= 0.3 is 0 Å². The van der Waals surface area contributed by atoms with Crippen LogP contribution in [0.4, 0.5) is 5.69 Å². The minimum absolute atomic E-state index is 0.184. The lowest BCUT2D eigenvalue weighted by Crippen LogP contribution is -2.22. The van der Waals surface area contributed by atoms with Crippen LogP contribution in [0.15, 0.2) is 52.1 Å². The zero-order chi connectivity index (χ0) is 20.2. The zero-order valence-electron chi connectivity index (χ0n) is 15.9. The van der Waals surface area contributed by atoms with Gasteiger partial charge in [-0.2, -0.15) is 0 Å². The number of rotatable bonds is 6. The van der Waals surface area contributed by atoms with Crippen LogP contribution in [0.2, 0.25) is 0 Å². The number of amides is 1. The number of nitrogens with one attached hydrogen (secondary N) is 1. The third-order valence-electron chi connectivity index (χ3n) is 4.20. The van der Waals surface area contributed by atoms with E-state index in [4.69, 9.17) is 18.6 Å². The SMILES string of the molecule is COc1ccc(-c2nnc(S[C@@H](C)C(=O)Nc3ccc4c(c3)OCCO4)o2)cc1. The predicted molar refractivity (Wildman–Crippen MR) is 108 cm³/mol. The smallest absolute Gasteiger partial charge is 0.277 e. The molecule has 1 aromatic heterocycles. The van der Waals surface area contributed by atoms with Gasteiger partial charge in [-0.3, -0.25) is 4.79 Å². The van der Waals surface area contributed by atoms with Gasteiger partial charge in [0.1, 0.15) is 19.0 Å². The second kappa shape index (κ2) is 8.44. The number of hydrogen-bond donors (Lipinski definition) is 1. The molecule has 0 aliphatic carbocycles. The molecule has 0 fully saturated rings. The molecule has 0 saturated heterocycles. The maximum Gasteiger partial charge on any atom is 0.277 e. The minimum atomic E-state index is -0.438. The highest BCUT2D eigenvalue weighted by atomic mass is 32.2. The molecular formula is C20H19N3O5S. The van der Waals surface area contributed by atoms with E-state index in [0.717, 1.165) is 11.3 Å².